The molecule has 0 N–H and O–H groups in total. The Labute approximate surface area is 186 Å². The van der Waals surface area contributed by atoms with E-state index in [2.05, 4.69) is 11.2 Å². The molecular formula is C25H24N4O3. The molecule has 2 aromatic carbocycles. The average molecular weight is 428 g/mol. The predicted molar refractivity (Wildman–Crippen MR) is 120 cm³/mol. The minimum absolute atomic E-state index is 0.131. The van der Waals surface area contributed by atoms with Gasteiger partial charge in [0.1, 0.15) is 12.3 Å². The molecule has 7 heteroatoms. The first-order chi connectivity index (χ1) is 15.5. The third-order valence-electron chi connectivity index (χ3n) is 6.05. The predicted octanol–water partition coefficient (Wildman–Crippen LogP) is 3.00. The number of rotatable bonds is 5. The number of carbonyl (C=O) groups excluding carboxylic acids is 1. The van der Waals surface area contributed by atoms with Crippen LogP contribution < -0.4 is 10.3 Å². The van der Waals surface area contributed by atoms with Crippen molar-refractivity contribution in [2.24, 2.45) is 0 Å². The number of carbonyl (C=O) groups is 1. The second-order valence-electron chi connectivity index (χ2n) is 7.88. The molecule has 0 unspecified atom stereocenters. The fourth-order valence-corrected chi connectivity index (χ4v) is 4.07. The van der Waals surface area contributed by atoms with Crippen LogP contribution in [0.25, 0.3) is 11.3 Å². The third-order valence-corrected chi connectivity index (χ3v) is 6.05. The first kappa shape index (κ1) is 21.3. The Hall–Kier alpha value is -3.92. The number of aromatic nitrogens is 2. The molecule has 1 amide bonds. The van der Waals surface area contributed by atoms with E-state index in [9.17, 15) is 14.9 Å². The number of hydrogen-bond donors (Lipinski definition) is 0. The van der Waals surface area contributed by atoms with Crippen molar-refractivity contribution in [3.8, 4) is 23.1 Å². The van der Waals surface area contributed by atoms with E-state index in [4.69, 9.17) is 4.74 Å². The first-order valence-corrected chi connectivity index (χ1v) is 10.5. The summed E-state index contributed by atoms with van der Waals surface area (Å²) in [5.41, 5.74) is 1.50. The van der Waals surface area contributed by atoms with E-state index in [1.807, 2.05) is 54.6 Å². The topological polar surface area (TPSA) is 88.2 Å². The van der Waals surface area contributed by atoms with Gasteiger partial charge in [-0.3, -0.25) is 9.59 Å². The van der Waals surface area contributed by atoms with Crippen molar-refractivity contribution < 1.29 is 9.53 Å². The molecule has 162 valence electrons. The summed E-state index contributed by atoms with van der Waals surface area (Å²) in [6, 6.07) is 22.6. The van der Waals surface area contributed by atoms with Gasteiger partial charge in [-0.1, -0.05) is 30.3 Å². The number of nitrogens with zero attached hydrogens (tertiary/aromatic N) is 4. The number of likely N-dealkylation sites (tertiary alicyclic amines) is 1. The Morgan fingerprint density at radius 2 is 1.75 bits per heavy atom. The molecule has 0 aliphatic carbocycles. The van der Waals surface area contributed by atoms with Crippen molar-refractivity contribution in [1.29, 1.82) is 5.26 Å². The van der Waals surface area contributed by atoms with Gasteiger partial charge in [-0.2, -0.15) is 10.4 Å². The average Bonchev–Trinajstić information content (AvgIpc) is 2.86. The van der Waals surface area contributed by atoms with Crippen molar-refractivity contribution in [3.05, 3.63) is 82.6 Å². The zero-order valence-electron chi connectivity index (χ0n) is 17.9. The van der Waals surface area contributed by atoms with Gasteiger partial charge in [0, 0.05) is 24.7 Å². The van der Waals surface area contributed by atoms with Gasteiger partial charge in [-0.05, 0) is 48.7 Å². The van der Waals surface area contributed by atoms with Gasteiger partial charge in [-0.15, -0.1) is 0 Å². The Morgan fingerprint density at radius 3 is 2.38 bits per heavy atom. The van der Waals surface area contributed by atoms with Gasteiger partial charge in [0.25, 0.3) is 5.56 Å². The van der Waals surface area contributed by atoms with Crippen LogP contribution in [0, 0.1) is 11.3 Å². The Morgan fingerprint density at radius 1 is 1.06 bits per heavy atom. The standard InChI is InChI=1S/C25H24N4O3/c1-32-21-9-7-19(8-10-21)22-11-12-23(30)29(27-22)17-24(31)28-15-13-25(18-26,14-16-28)20-5-3-2-4-6-20/h2-12H,13-17H2,1H3. The van der Waals surface area contributed by atoms with Gasteiger partial charge >= 0.3 is 0 Å². The molecule has 0 spiro atoms. The van der Waals surface area contributed by atoms with Crippen LogP contribution in [0.1, 0.15) is 18.4 Å². The summed E-state index contributed by atoms with van der Waals surface area (Å²) in [7, 11) is 1.60. The van der Waals surface area contributed by atoms with Crippen LogP contribution in [0.3, 0.4) is 0 Å². The summed E-state index contributed by atoms with van der Waals surface area (Å²) in [6.45, 7) is 0.802. The molecular weight excluding hydrogens is 404 g/mol. The Balaban J connectivity index is 1.46. The highest BCUT2D eigenvalue weighted by atomic mass is 16.5. The number of ether oxygens (including phenoxy) is 1. The van der Waals surface area contributed by atoms with Crippen LogP contribution in [-0.2, 0) is 16.8 Å². The molecule has 32 heavy (non-hydrogen) atoms. The maximum absolute atomic E-state index is 12.9. The highest BCUT2D eigenvalue weighted by Crippen LogP contribution is 2.34. The van der Waals surface area contributed by atoms with Crippen molar-refractivity contribution >= 4 is 5.91 Å². The van der Waals surface area contributed by atoms with E-state index in [1.54, 1.807) is 18.1 Å². The largest absolute Gasteiger partial charge is 0.497 e. The van der Waals surface area contributed by atoms with Crippen LogP contribution in [0.15, 0.2) is 71.5 Å². The normalized spacial score (nSPS) is 15.1. The van der Waals surface area contributed by atoms with Crippen LogP contribution in [0.2, 0.25) is 0 Å². The van der Waals surface area contributed by atoms with E-state index in [0.29, 0.717) is 31.6 Å². The molecule has 4 rings (SSSR count). The molecule has 3 aromatic rings. The number of methoxy groups -OCH3 is 1. The maximum atomic E-state index is 12.9. The molecule has 1 saturated heterocycles. The smallest absolute Gasteiger partial charge is 0.267 e. The molecule has 7 nitrogen and oxygen atoms in total. The quantitative estimate of drug-likeness (QED) is 0.623. The minimum atomic E-state index is -0.582. The molecule has 0 saturated carbocycles. The minimum Gasteiger partial charge on any atom is -0.497 e. The maximum Gasteiger partial charge on any atom is 0.267 e. The number of amides is 1. The van der Waals surface area contributed by atoms with E-state index < -0.39 is 5.41 Å². The van der Waals surface area contributed by atoms with Gasteiger partial charge in [0.15, 0.2) is 0 Å². The molecule has 1 aromatic heterocycles. The third kappa shape index (κ3) is 4.26. The van der Waals surface area contributed by atoms with Crippen molar-refractivity contribution in [3.63, 3.8) is 0 Å². The summed E-state index contributed by atoms with van der Waals surface area (Å²) in [5.74, 6) is 0.553. The number of piperidine rings is 1. The zero-order valence-corrected chi connectivity index (χ0v) is 17.9. The lowest BCUT2D eigenvalue weighted by Gasteiger charge is -2.37. The fraction of sp³-hybridized carbons (Fsp3) is 0.280. The molecule has 1 fully saturated rings. The summed E-state index contributed by atoms with van der Waals surface area (Å²) in [5, 5.41) is 14.2. The number of benzene rings is 2. The summed E-state index contributed by atoms with van der Waals surface area (Å²) in [6.07, 6.45) is 1.13. The van der Waals surface area contributed by atoms with E-state index in [1.165, 1.54) is 10.7 Å². The molecule has 2 heterocycles. The van der Waals surface area contributed by atoms with Crippen molar-refractivity contribution in [2.45, 2.75) is 24.8 Å². The Bertz CT molecular complexity index is 1190. The van der Waals surface area contributed by atoms with Gasteiger partial charge in [0.2, 0.25) is 5.91 Å². The van der Waals surface area contributed by atoms with E-state index in [0.717, 1.165) is 16.9 Å². The number of hydrogen-bond acceptors (Lipinski definition) is 5. The van der Waals surface area contributed by atoms with Crippen molar-refractivity contribution in [2.75, 3.05) is 20.2 Å². The SMILES string of the molecule is COc1ccc(-c2ccc(=O)n(CC(=O)N3CCC(C#N)(c4ccccc4)CC3)n2)cc1. The van der Waals surface area contributed by atoms with Crippen LogP contribution >= 0.6 is 0 Å². The monoisotopic (exact) mass is 428 g/mol. The summed E-state index contributed by atoms with van der Waals surface area (Å²) < 4.78 is 6.37. The van der Waals surface area contributed by atoms with Crippen molar-refractivity contribution in [1.82, 2.24) is 14.7 Å². The Kier molecular flexibility index (Phi) is 6.04. The highest BCUT2D eigenvalue weighted by Gasteiger charge is 2.37. The second-order valence-corrected chi connectivity index (χ2v) is 7.88. The van der Waals surface area contributed by atoms with Crippen LogP contribution in [0.4, 0.5) is 0 Å². The second kappa shape index (κ2) is 9.06. The van der Waals surface area contributed by atoms with Gasteiger partial charge < -0.3 is 9.64 Å². The molecule has 1 aliphatic heterocycles. The van der Waals surface area contributed by atoms with Crippen LogP contribution in [0.5, 0.6) is 5.75 Å². The summed E-state index contributed by atoms with van der Waals surface area (Å²) >= 11 is 0. The molecule has 0 radical (unpaired) electrons. The molecule has 1 aliphatic rings. The van der Waals surface area contributed by atoms with E-state index in [-0.39, 0.29) is 18.0 Å². The van der Waals surface area contributed by atoms with Gasteiger partial charge in [-0.25, -0.2) is 4.68 Å². The lowest BCUT2D eigenvalue weighted by Crippen LogP contribution is -2.46. The fourth-order valence-electron chi connectivity index (χ4n) is 4.07. The van der Waals surface area contributed by atoms with E-state index >= 15 is 0 Å². The lowest BCUT2D eigenvalue weighted by molar-refractivity contribution is -0.133. The van der Waals surface area contributed by atoms with Crippen LogP contribution in [-0.4, -0.2) is 40.8 Å². The number of nitriles is 1. The highest BCUT2D eigenvalue weighted by molar-refractivity contribution is 5.76. The van der Waals surface area contributed by atoms with Gasteiger partial charge in [0.05, 0.1) is 24.3 Å². The zero-order chi connectivity index (χ0) is 22.6. The molecule has 0 bridgehead atoms. The summed E-state index contributed by atoms with van der Waals surface area (Å²) in [4.78, 5) is 27.0. The lowest BCUT2D eigenvalue weighted by atomic mass is 9.74. The first-order valence-electron chi connectivity index (χ1n) is 10.5. The molecule has 0 atom stereocenters.